The van der Waals surface area contributed by atoms with Crippen molar-refractivity contribution >= 4 is 17.4 Å². The van der Waals surface area contributed by atoms with Gasteiger partial charge in [-0.05, 0) is 43.9 Å². The van der Waals surface area contributed by atoms with E-state index in [9.17, 15) is 4.79 Å². The number of benzene rings is 1. The highest BCUT2D eigenvalue weighted by Crippen LogP contribution is 2.22. The summed E-state index contributed by atoms with van der Waals surface area (Å²) in [5.74, 6) is 1.09. The van der Waals surface area contributed by atoms with Gasteiger partial charge < -0.3 is 16.0 Å². The number of carbonyl (C=O) groups is 1. The number of piperidine rings is 1. The van der Waals surface area contributed by atoms with Gasteiger partial charge in [-0.1, -0.05) is 6.07 Å². The average molecular weight is 325 g/mol. The molecule has 2 atom stereocenters. The van der Waals surface area contributed by atoms with E-state index in [1.54, 1.807) is 18.6 Å². The Morgan fingerprint density at radius 1 is 1.42 bits per heavy atom. The average Bonchev–Trinajstić information content (AvgIpc) is 2.62. The summed E-state index contributed by atoms with van der Waals surface area (Å²) in [6, 6.07) is 7.60. The van der Waals surface area contributed by atoms with Gasteiger partial charge in [-0.2, -0.15) is 0 Å². The quantitative estimate of drug-likeness (QED) is 0.902. The first kappa shape index (κ1) is 16.4. The third-order valence-electron chi connectivity index (χ3n) is 4.43. The molecule has 126 valence electrons. The second kappa shape index (κ2) is 7.40. The third-order valence-corrected chi connectivity index (χ3v) is 4.43. The predicted octanol–water partition coefficient (Wildman–Crippen LogP) is 2.42. The van der Waals surface area contributed by atoms with Crippen LogP contribution in [-0.4, -0.2) is 39.9 Å². The zero-order chi connectivity index (χ0) is 16.9. The molecule has 6 nitrogen and oxygen atoms in total. The van der Waals surface area contributed by atoms with Gasteiger partial charge in [0.25, 0.3) is 5.91 Å². The summed E-state index contributed by atoms with van der Waals surface area (Å²) >= 11 is 0. The van der Waals surface area contributed by atoms with Gasteiger partial charge in [0.05, 0.1) is 6.20 Å². The molecule has 1 fully saturated rings. The second-order valence-corrected chi connectivity index (χ2v) is 6.31. The van der Waals surface area contributed by atoms with E-state index in [0.717, 1.165) is 31.6 Å². The smallest absolute Gasteiger partial charge is 0.253 e. The van der Waals surface area contributed by atoms with Crippen LogP contribution < -0.4 is 11.1 Å². The summed E-state index contributed by atoms with van der Waals surface area (Å²) in [4.78, 5) is 22.9. The van der Waals surface area contributed by atoms with Crippen LogP contribution in [0.5, 0.6) is 0 Å². The van der Waals surface area contributed by atoms with Crippen LogP contribution in [0.2, 0.25) is 0 Å². The molecule has 1 aliphatic rings. The Bertz CT molecular complexity index is 689. The number of hydrogen-bond acceptors (Lipinski definition) is 5. The van der Waals surface area contributed by atoms with Gasteiger partial charge >= 0.3 is 0 Å². The van der Waals surface area contributed by atoms with Crippen molar-refractivity contribution in [1.29, 1.82) is 0 Å². The Morgan fingerprint density at radius 3 is 3.04 bits per heavy atom. The normalized spacial score (nSPS) is 18.9. The van der Waals surface area contributed by atoms with Crippen LogP contribution in [-0.2, 0) is 0 Å². The largest absolute Gasteiger partial charge is 0.339 e. The maximum absolute atomic E-state index is 12.8. The highest BCUT2D eigenvalue weighted by molar-refractivity contribution is 5.95. The molecule has 0 aliphatic carbocycles. The van der Waals surface area contributed by atoms with E-state index in [1.807, 2.05) is 36.1 Å². The van der Waals surface area contributed by atoms with Crippen molar-refractivity contribution in [3.8, 4) is 0 Å². The highest BCUT2D eigenvalue weighted by Gasteiger charge is 2.26. The molecular formula is C18H23N5O. The van der Waals surface area contributed by atoms with E-state index in [0.29, 0.717) is 17.3 Å². The summed E-state index contributed by atoms with van der Waals surface area (Å²) in [6.07, 6.45) is 6.99. The minimum Gasteiger partial charge on any atom is -0.339 e. The lowest BCUT2D eigenvalue weighted by atomic mass is 9.92. The molecule has 1 aromatic carbocycles. The summed E-state index contributed by atoms with van der Waals surface area (Å²) in [5, 5.41) is 3.16. The fourth-order valence-electron chi connectivity index (χ4n) is 3.05. The van der Waals surface area contributed by atoms with E-state index >= 15 is 0 Å². The zero-order valence-electron chi connectivity index (χ0n) is 13.9. The summed E-state index contributed by atoms with van der Waals surface area (Å²) in [7, 11) is 0. The number of hydrogen-bond donors (Lipinski definition) is 2. The second-order valence-electron chi connectivity index (χ2n) is 6.31. The van der Waals surface area contributed by atoms with Crippen molar-refractivity contribution in [2.24, 2.45) is 11.7 Å². The van der Waals surface area contributed by atoms with Gasteiger partial charge in [0.1, 0.15) is 5.82 Å². The van der Waals surface area contributed by atoms with Crippen molar-refractivity contribution in [3.05, 3.63) is 48.4 Å². The summed E-state index contributed by atoms with van der Waals surface area (Å²) in [5.41, 5.74) is 7.51. The molecule has 24 heavy (non-hydrogen) atoms. The first-order valence-electron chi connectivity index (χ1n) is 8.31. The number of nitrogens with one attached hydrogen (secondary N) is 1. The molecule has 1 saturated heterocycles. The van der Waals surface area contributed by atoms with Crippen molar-refractivity contribution in [3.63, 3.8) is 0 Å². The number of rotatable bonds is 4. The van der Waals surface area contributed by atoms with E-state index in [-0.39, 0.29) is 11.9 Å². The van der Waals surface area contributed by atoms with Crippen molar-refractivity contribution in [2.45, 2.75) is 25.8 Å². The lowest BCUT2D eigenvalue weighted by Gasteiger charge is -2.34. The molecule has 0 radical (unpaired) electrons. The molecule has 0 unspecified atom stereocenters. The number of anilines is 2. The minimum atomic E-state index is 0.0585. The van der Waals surface area contributed by atoms with Gasteiger partial charge in [0.15, 0.2) is 0 Å². The van der Waals surface area contributed by atoms with Gasteiger partial charge in [-0.25, -0.2) is 4.98 Å². The van der Waals surface area contributed by atoms with E-state index < -0.39 is 0 Å². The van der Waals surface area contributed by atoms with E-state index in [2.05, 4.69) is 15.3 Å². The van der Waals surface area contributed by atoms with Crippen LogP contribution in [0.4, 0.5) is 11.5 Å². The molecule has 1 aromatic heterocycles. The Labute approximate surface area is 142 Å². The SMILES string of the molecule is C[C@H](N)[C@@H]1CCCN(C(=O)c2cccc(Nc3cnccn3)c2)C1. The zero-order valence-corrected chi connectivity index (χ0v) is 13.9. The Morgan fingerprint density at radius 2 is 2.29 bits per heavy atom. The fraction of sp³-hybridized carbons (Fsp3) is 0.389. The molecule has 2 aromatic rings. The molecule has 0 saturated carbocycles. The van der Waals surface area contributed by atoms with Gasteiger partial charge in [-0.3, -0.25) is 9.78 Å². The third kappa shape index (κ3) is 3.89. The van der Waals surface area contributed by atoms with E-state index in [1.165, 1.54) is 0 Å². The van der Waals surface area contributed by atoms with Crippen molar-refractivity contribution in [1.82, 2.24) is 14.9 Å². The Hall–Kier alpha value is -2.47. The van der Waals surface area contributed by atoms with Gasteiger partial charge in [0, 0.05) is 42.8 Å². The predicted molar refractivity (Wildman–Crippen MR) is 94.0 cm³/mol. The summed E-state index contributed by atoms with van der Waals surface area (Å²) < 4.78 is 0. The van der Waals surface area contributed by atoms with Gasteiger partial charge in [-0.15, -0.1) is 0 Å². The Kier molecular flexibility index (Phi) is 5.05. The number of likely N-dealkylation sites (tertiary alicyclic amines) is 1. The van der Waals surface area contributed by atoms with Crippen LogP contribution in [0.25, 0.3) is 0 Å². The minimum absolute atomic E-state index is 0.0585. The molecule has 3 N–H and O–H groups in total. The molecule has 2 heterocycles. The number of nitrogens with zero attached hydrogens (tertiary/aromatic N) is 3. The number of nitrogens with two attached hydrogens (primary N) is 1. The molecular weight excluding hydrogens is 302 g/mol. The van der Waals surface area contributed by atoms with Crippen LogP contribution in [0.1, 0.15) is 30.1 Å². The van der Waals surface area contributed by atoms with Crippen LogP contribution in [0, 0.1) is 5.92 Å². The highest BCUT2D eigenvalue weighted by atomic mass is 16.2. The number of aromatic nitrogens is 2. The molecule has 0 bridgehead atoms. The van der Waals surface area contributed by atoms with Gasteiger partial charge in [0.2, 0.25) is 0 Å². The lowest BCUT2D eigenvalue weighted by molar-refractivity contribution is 0.0661. The first-order valence-corrected chi connectivity index (χ1v) is 8.31. The van der Waals surface area contributed by atoms with Crippen LogP contribution in [0.3, 0.4) is 0 Å². The topological polar surface area (TPSA) is 84.1 Å². The maximum Gasteiger partial charge on any atom is 0.253 e. The van der Waals surface area contributed by atoms with Crippen LogP contribution >= 0.6 is 0 Å². The molecule has 6 heteroatoms. The van der Waals surface area contributed by atoms with E-state index in [4.69, 9.17) is 5.73 Å². The fourth-order valence-corrected chi connectivity index (χ4v) is 3.05. The molecule has 0 spiro atoms. The Balaban J connectivity index is 1.72. The monoisotopic (exact) mass is 325 g/mol. The maximum atomic E-state index is 12.8. The summed E-state index contributed by atoms with van der Waals surface area (Å²) in [6.45, 7) is 3.55. The molecule has 1 amide bonds. The lowest BCUT2D eigenvalue weighted by Crippen LogP contribution is -2.45. The van der Waals surface area contributed by atoms with Crippen LogP contribution in [0.15, 0.2) is 42.9 Å². The van der Waals surface area contributed by atoms with Crippen molar-refractivity contribution < 1.29 is 4.79 Å². The number of amides is 1. The first-order chi connectivity index (χ1) is 11.6. The molecule has 3 rings (SSSR count). The molecule has 1 aliphatic heterocycles. The number of carbonyl (C=O) groups excluding carboxylic acids is 1. The standard InChI is InChI=1S/C18H23N5O/c1-13(19)15-5-3-9-23(12-15)18(24)14-4-2-6-16(10-14)22-17-11-20-7-8-21-17/h2,4,6-8,10-11,13,15H,3,5,9,12,19H2,1H3,(H,21,22)/t13-,15+/m0/s1. The van der Waals surface area contributed by atoms with Crippen molar-refractivity contribution in [2.75, 3.05) is 18.4 Å².